The minimum Gasteiger partial charge on any atom is -0.369 e. The zero-order valence-electron chi connectivity index (χ0n) is 13.6. The Balaban J connectivity index is 1.70. The van der Waals surface area contributed by atoms with Crippen molar-refractivity contribution >= 4 is 11.4 Å². The van der Waals surface area contributed by atoms with E-state index >= 15 is 0 Å². The largest absolute Gasteiger partial charge is 0.369 e. The Morgan fingerprint density at radius 3 is 2.44 bits per heavy atom. The number of hydrogen-bond acceptors (Lipinski definition) is 4. The Morgan fingerprint density at radius 2 is 1.88 bits per heavy atom. The number of nitro groups is 1. The number of nitro benzene ring substituents is 1. The van der Waals surface area contributed by atoms with Gasteiger partial charge in [-0.05, 0) is 30.4 Å². The van der Waals surface area contributed by atoms with Crippen LogP contribution in [0, 0.1) is 33.2 Å². The SMILES string of the molecule is N#CC(c1ccccc1)C1CCN(c2ccc([N+](=O)[O-])cc2F)CC1. The van der Waals surface area contributed by atoms with Crippen molar-refractivity contribution in [2.75, 3.05) is 18.0 Å². The summed E-state index contributed by atoms with van der Waals surface area (Å²) in [6, 6.07) is 15.9. The molecule has 1 aliphatic rings. The minimum atomic E-state index is -0.601. The molecule has 0 bridgehead atoms. The van der Waals surface area contributed by atoms with E-state index in [0.29, 0.717) is 18.8 Å². The molecule has 1 heterocycles. The second-order valence-corrected chi connectivity index (χ2v) is 6.23. The molecule has 1 aliphatic heterocycles. The lowest BCUT2D eigenvalue weighted by atomic mass is 9.81. The maximum absolute atomic E-state index is 14.2. The van der Waals surface area contributed by atoms with Crippen molar-refractivity contribution in [3.8, 4) is 6.07 Å². The quantitative estimate of drug-likeness (QED) is 0.616. The highest BCUT2D eigenvalue weighted by molar-refractivity contribution is 5.52. The Hall–Kier alpha value is -2.94. The van der Waals surface area contributed by atoms with Gasteiger partial charge in [-0.1, -0.05) is 30.3 Å². The van der Waals surface area contributed by atoms with Crippen LogP contribution in [0.5, 0.6) is 0 Å². The summed E-state index contributed by atoms with van der Waals surface area (Å²) < 4.78 is 14.2. The molecule has 0 aromatic heterocycles. The molecule has 0 spiro atoms. The molecule has 1 fully saturated rings. The number of hydrogen-bond donors (Lipinski definition) is 0. The molecule has 1 saturated heterocycles. The number of anilines is 1. The first-order valence-electron chi connectivity index (χ1n) is 8.23. The molecule has 0 amide bonds. The summed E-state index contributed by atoms with van der Waals surface area (Å²) in [5.41, 5.74) is 1.16. The molecule has 6 heteroatoms. The average molecular weight is 339 g/mol. The van der Waals surface area contributed by atoms with E-state index in [1.54, 1.807) is 0 Å². The van der Waals surface area contributed by atoms with Gasteiger partial charge >= 0.3 is 0 Å². The highest BCUT2D eigenvalue weighted by Gasteiger charge is 2.28. The van der Waals surface area contributed by atoms with Crippen LogP contribution in [0.4, 0.5) is 15.8 Å². The zero-order valence-corrected chi connectivity index (χ0v) is 13.6. The summed E-state index contributed by atoms with van der Waals surface area (Å²) in [5.74, 6) is -0.512. The van der Waals surface area contributed by atoms with Crippen LogP contribution in [-0.2, 0) is 0 Å². The van der Waals surface area contributed by atoms with E-state index < -0.39 is 10.7 Å². The second-order valence-electron chi connectivity index (χ2n) is 6.23. The molecule has 0 N–H and O–H groups in total. The predicted octanol–water partition coefficient (Wildman–Crippen LogP) is 4.26. The minimum absolute atomic E-state index is 0.162. The second kappa shape index (κ2) is 7.31. The molecule has 128 valence electrons. The zero-order chi connectivity index (χ0) is 17.8. The van der Waals surface area contributed by atoms with Crippen molar-refractivity contribution in [2.24, 2.45) is 5.92 Å². The normalized spacial score (nSPS) is 16.2. The van der Waals surface area contributed by atoms with E-state index in [1.165, 1.54) is 12.1 Å². The standard InChI is InChI=1S/C19H18FN3O2/c20-18-12-16(23(24)25)6-7-19(18)22-10-8-15(9-11-22)17(13-21)14-4-2-1-3-5-14/h1-7,12,15,17H,8-11H2. The maximum atomic E-state index is 14.2. The van der Waals surface area contributed by atoms with Crippen molar-refractivity contribution in [3.63, 3.8) is 0 Å². The number of halogens is 1. The first-order valence-corrected chi connectivity index (χ1v) is 8.23. The Morgan fingerprint density at radius 1 is 1.20 bits per heavy atom. The third-order valence-electron chi connectivity index (χ3n) is 4.79. The summed E-state index contributed by atoms with van der Waals surface area (Å²) in [6.07, 6.45) is 1.56. The fourth-order valence-corrected chi connectivity index (χ4v) is 3.45. The Kier molecular flexibility index (Phi) is 4.94. The molecule has 0 radical (unpaired) electrons. The predicted molar refractivity (Wildman–Crippen MR) is 92.8 cm³/mol. The number of nitriles is 1. The van der Waals surface area contributed by atoms with E-state index in [9.17, 15) is 19.8 Å². The van der Waals surface area contributed by atoms with Crippen molar-refractivity contribution in [3.05, 3.63) is 70.0 Å². The molecular formula is C19H18FN3O2. The fourth-order valence-electron chi connectivity index (χ4n) is 3.45. The fraction of sp³-hybridized carbons (Fsp3) is 0.316. The third kappa shape index (κ3) is 3.61. The highest BCUT2D eigenvalue weighted by atomic mass is 19.1. The van der Waals surface area contributed by atoms with Gasteiger partial charge in [0, 0.05) is 19.2 Å². The van der Waals surface area contributed by atoms with E-state index in [0.717, 1.165) is 24.5 Å². The molecule has 1 unspecified atom stereocenters. The number of benzene rings is 2. The lowest BCUT2D eigenvalue weighted by Gasteiger charge is -2.35. The molecule has 0 saturated carbocycles. The van der Waals surface area contributed by atoms with Crippen LogP contribution in [0.2, 0.25) is 0 Å². The van der Waals surface area contributed by atoms with E-state index in [2.05, 4.69) is 6.07 Å². The van der Waals surface area contributed by atoms with Crippen LogP contribution in [0.25, 0.3) is 0 Å². The van der Waals surface area contributed by atoms with Gasteiger partial charge in [0.2, 0.25) is 0 Å². The van der Waals surface area contributed by atoms with Crippen molar-refractivity contribution < 1.29 is 9.31 Å². The van der Waals surface area contributed by atoms with Gasteiger partial charge in [-0.2, -0.15) is 5.26 Å². The summed E-state index contributed by atoms with van der Waals surface area (Å²) in [5, 5.41) is 20.3. The number of piperidine rings is 1. The molecule has 3 rings (SSSR count). The highest BCUT2D eigenvalue weighted by Crippen LogP contribution is 2.34. The molecule has 5 nitrogen and oxygen atoms in total. The third-order valence-corrected chi connectivity index (χ3v) is 4.79. The first-order chi connectivity index (χ1) is 12.1. The van der Waals surface area contributed by atoms with Crippen LogP contribution < -0.4 is 4.90 Å². The van der Waals surface area contributed by atoms with Crippen LogP contribution in [-0.4, -0.2) is 18.0 Å². The van der Waals surface area contributed by atoms with Gasteiger partial charge in [-0.3, -0.25) is 10.1 Å². The summed E-state index contributed by atoms with van der Waals surface area (Å²) in [7, 11) is 0. The average Bonchev–Trinajstić information content (AvgIpc) is 2.64. The molecular weight excluding hydrogens is 321 g/mol. The Labute approximate surface area is 145 Å². The lowest BCUT2D eigenvalue weighted by molar-refractivity contribution is -0.385. The molecule has 0 aliphatic carbocycles. The smallest absolute Gasteiger partial charge is 0.272 e. The van der Waals surface area contributed by atoms with Gasteiger partial charge in [0.05, 0.1) is 28.7 Å². The van der Waals surface area contributed by atoms with Crippen LogP contribution >= 0.6 is 0 Å². The Bertz CT molecular complexity index is 796. The number of non-ortho nitro benzene ring substituents is 1. The van der Waals surface area contributed by atoms with Crippen molar-refractivity contribution in [1.29, 1.82) is 5.26 Å². The first kappa shape index (κ1) is 16.9. The van der Waals surface area contributed by atoms with Gasteiger partial charge in [0.25, 0.3) is 5.69 Å². The topological polar surface area (TPSA) is 70.2 Å². The van der Waals surface area contributed by atoms with Crippen LogP contribution in [0.3, 0.4) is 0 Å². The van der Waals surface area contributed by atoms with Gasteiger partial charge in [-0.25, -0.2) is 4.39 Å². The number of rotatable bonds is 4. The number of nitrogens with zero attached hydrogens (tertiary/aromatic N) is 3. The van der Waals surface area contributed by atoms with Gasteiger partial charge in [0.15, 0.2) is 5.82 Å². The molecule has 1 atom stereocenters. The van der Waals surface area contributed by atoms with E-state index in [4.69, 9.17) is 0 Å². The summed E-state index contributed by atoms with van der Waals surface area (Å²) >= 11 is 0. The summed E-state index contributed by atoms with van der Waals surface area (Å²) in [6.45, 7) is 1.26. The van der Waals surface area contributed by atoms with Gasteiger partial charge in [-0.15, -0.1) is 0 Å². The maximum Gasteiger partial charge on any atom is 0.272 e. The van der Waals surface area contributed by atoms with Crippen molar-refractivity contribution in [2.45, 2.75) is 18.8 Å². The van der Waals surface area contributed by atoms with Crippen LogP contribution in [0.15, 0.2) is 48.5 Å². The van der Waals surface area contributed by atoms with Gasteiger partial charge in [0.1, 0.15) is 0 Å². The van der Waals surface area contributed by atoms with Crippen molar-refractivity contribution in [1.82, 2.24) is 0 Å². The van der Waals surface area contributed by atoms with E-state index in [-0.39, 0.29) is 17.5 Å². The lowest BCUT2D eigenvalue weighted by Crippen LogP contribution is -2.36. The molecule has 2 aromatic carbocycles. The molecule has 2 aromatic rings. The summed E-state index contributed by atoms with van der Waals surface area (Å²) in [4.78, 5) is 12.0. The molecule has 25 heavy (non-hydrogen) atoms. The van der Waals surface area contributed by atoms with Gasteiger partial charge < -0.3 is 4.90 Å². The monoisotopic (exact) mass is 339 g/mol. The van der Waals surface area contributed by atoms with Crippen LogP contribution in [0.1, 0.15) is 24.3 Å². The van der Waals surface area contributed by atoms with E-state index in [1.807, 2.05) is 35.2 Å².